The fourth-order valence-corrected chi connectivity index (χ4v) is 5.96. The average molecular weight is 479 g/mol. The van der Waals surface area contributed by atoms with Gasteiger partial charge in [0, 0.05) is 0 Å². The van der Waals surface area contributed by atoms with Crippen LogP contribution in [0.4, 0.5) is 0 Å². The Hall–Kier alpha value is 1.21. The molecule has 0 bridgehead atoms. The van der Waals surface area contributed by atoms with E-state index in [9.17, 15) is 0 Å². The van der Waals surface area contributed by atoms with E-state index in [0.29, 0.717) is 24.2 Å². The molecule has 170 valence electrons. The molecule has 0 amide bonds. The van der Waals surface area contributed by atoms with E-state index in [1.165, 1.54) is 103 Å². The van der Waals surface area contributed by atoms with Crippen LogP contribution in [-0.2, 0) is 17.0 Å². The van der Waals surface area contributed by atoms with Crippen molar-refractivity contribution in [2.75, 3.05) is 0 Å². The molecule has 5 heteroatoms. The van der Waals surface area contributed by atoms with Gasteiger partial charge in [-0.2, -0.15) is 12.1 Å². The Morgan fingerprint density at radius 2 is 0.966 bits per heavy atom. The molecule has 0 aromatic rings. The molecule has 3 rings (SSSR count). The molecule has 0 radical (unpaired) electrons. The van der Waals surface area contributed by atoms with Crippen LogP contribution in [0.3, 0.4) is 0 Å². The minimum atomic E-state index is -0.556. The number of nitrogens with zero attached hydrogens (tertiary/aromatic N) is 2. The molecule has 3 aliphatic carbocycles. The molecule has 2 nitrogen and oxygen atoms in total. The fourth-order valence-electron chi connectivity index (χ4n) is 5.96. The molecule has 0 aromatic carbocycles. The Bertz CT molecular complexity index is 360. The molecule has 3 saturated carbocycles. The van der Waals surface area contributed by atoms with Gasteiger partial charge < -0.3 is 10.6 Å². The van der Waals surface area contributed by atoms with E-state index in [1.807, 2.05) is 0 Å². The predicted octanol–water partition coefficient (Wildman–Crippen LogP) is 9.14. The summed E-state index contributed by atoms with van der Waals surface area (Å²) in [7, 11) is 9.78. The SMILES string of the molecule is CCCC1CCC([N-]C2CCCCC2[N-]C2CCC(CCC)CC2)CC1.[Cl][Ti][Cl]. The number of halogens is 2. The van der Waals surface area contributed by atoms with Crippen LogP contribution < -0.4 is 0 Å². The molecule has 0 N–H and O–H groups in total. The second kappa shape index (κ2) is 15.9. The first-order valence-electron chi connectivity index (χ1n) is 12.6. The Morgan fingerprint density at radius 1 is 0.621 bits per heavy atom. The van der Waals surface area contributed by atoms with Gasteiger partial charge in [0.25, 0.3) is 0 Å². The van der Waals surface area contributed by atoms with Crippen LogP contribution in [0.2, 0.25) is 0 Å². The maximum atomic E-state index is 5.39. The van der Waals surface area contributed by atoms with Gasteiger partial charge in [0.1, 0.15) is 0 Å². The Labute approximate surface area is 198 Å². The Morgan fingerprint density at radius 3 is 1.28 bits per heavy atom. The number of rotatable bonds is 8. The third kappa shape index (κ3) is 10.1. The molecule has 0 aromatic heterocycles. The molecule has 3 fully saturated rings. The summed E-state index contributed by atoms with van der Waals surface area (Å²) in [5, 5.41) is 10.8. The molecule has 29 heavy (non-hydrogen) atoms. The monoisotopic (exact) mass is 478 g/mol. The van der Waals surface area contributed by atoms with Gasteiger partial charge in [-0.05, 0) is 11.8 Å². The van der Waals surface area contributed by atoms with Gasteiger partial charge in [-0.15, -0.1) is 12.1 Å². The zero-order valence-electron chi connectivity index (χ0n) is 18.9. The Balaban J connectivity index is 0.000000941. The van der Waals surface area contributed by atoms with Gasteiger partial charge in [-0.3, -0.25) is 0 Å². The van der Waals surface area contributed by atoms with Crippen molar-refractivity contribution in [3.8, 4) is 0 Å². The van der Waals surface area contributed by atoms with Crippen molar-refractivity contribution < 1.29 is 17.0 Å². The molecule has 3 aliphatic rings. The van der Waals surface area contributed by atoms with Crippen molar-refractivity contribution in [2.45, 2.75) is 141 Å². The molecule has 2 atom stereocenters. The van der Waals surface area contributed by atoms with Gasteiger partial charge in [-0.25, -0.2) is 0 Å². The normalized spacial score (nSPS) is 35.4. The van der Waals surface area contributed by atoms with Crippen LogP contribution in [0.5, 0.6) is 0 Å². The zero-order valence-corrected chi connectivity index (χ0v) is 22.0. The molecular formula is C24H44Cl2N2Ti-2. The summed E-state index contributed by atoms with van der Waals surface area (Å²) < 4.78 is 0. The summed E-state index contributed by atoms with van der Waals surface area (Å²) in [5.41, 5.74) is 0. The fraction of sp³-hybridized carbons (Fsp3) is 1.00. The van der Waals surface area contributed by atoms with E-state index in [4.69, 9.17) is 29.2 Å². The summed E-state index contributed by atoms with van der Waals surface area (Å²) in [4.78, 5) is 0. The minimum absolute atomic E-state index is 0.556. The molecular weight excluding hydrogens is 435 g/mol. The second-order valence-electron chi connectivity index (χ2n) is 9.72. The van der Waals surface area contributed by atoms with E-state index in [0.717, 1.165) is 11.8 Å². The zero-order chi connectivity index (χ0) is 20.9. The second-order valence-corrected chi connectivity index (χ2v) is 12.3. The van der Waals surface area contributed by atoms with Crippen molar-refractivity contribution >= 4 is 18.6 Å². The van der Waals surface area contributed by atoms with Gasteiger partial charge in [-0.1, -0.05) is 117 Å². The molecule has 0 saturated heterocycles. The first-order chi connectivity index (χ1) is 14.2. The predicted molar refractivity (Wildman–Crippen MR) is 126 cm³/mol. The third-order valence-corrected chi connectivity index (χ3v) is 7.52. The van der Waals surface area contributed by atoms with E-state index in [-0.39, 0.29) is 0 Å². The Kier molecular flexibility index (Phi) is 14.5. The van der Waals surface area contributed by atoms with E-state index >= 15 is 0 Å². The summed E-state index contributed by atoms with van der Waals surface area (Å²) >= 11 is -0.556. The van der Waals surface area contributed by atoms with Gasteiger partial charge in [0.15, 0.2) is 0 Å². The first-order valence-corrected chi connectivity index (χ1v) is 16.9. The van der Waals surface area contributed by atoms with Crippen molar-refractivity contribution in [1.29, 1.82) is 0 Å². The van der Waals surface area contributed by atoms with Crippen LogP contribution in [0.1, 0.15) is 117 Å². The summed E-state index contributed by atoms with van der Waals surface area (Å²) in [6, 6.07) is 2.43. The molecule has 2 unspecified atom stereocenters. The molecule has 0 aliphatic heterocycles. The standard InChI is InChI=1S/C24H44N2.2ClH.Ti/c1-3-7-19-11-15-21(16-12-19)25-23-9-5-6-10-24(23)26-22-17-13-20(8-4-2)14-18-22;;;/h19-24H,3-18H2,1-2H3;2*1H;/q-2;;;+2/p-2. The van der Waals surface area contributed by atoms with Crippen molar-refractivity contribution in [3.63, 3.8) is 0 Å². The summed E-state index contributed by atoms with van der Waals surface area (Å²) in [5.74, 6) is 1.99. The van der Waals surface area contributed by atoms with Crippen LogP contribution in [-0.4, -0.2) is 24.2 Å². The molecule has 0 heterocycles. The van der Waals surface area contributed by atoms with Crippen LogP contribution in [0.15, 0.2) is 0 Å². The number of hydrogen-bond acceptors (Lipinski definition) is 0. The third-order valence-electron chi connectivity index (χ3n) is 7.52. The van der Waals surface area contributed by atoms with E-state index in [1.54, 1.807) is 0 Å². The van der Waals surface area contributed by atoms with Crippen molar-refractivity contribution in [3.05, 3.63) is 10.6 Å². The number of hydrogen-bond donors (Lipinski definition) is 0. The van der Waals surface area contributed by atoms with Gasteiger partial charge >= 0.3 is 35.6 Å². The quantitative estimate of drug-likeness (QED) is 0.311. The molecule has 0 spiro atoms. The van der Waals surface area contributed by atoms with E-state index in [2.05, 4.69) is 13.8 Å². The van der Waals surface area contributed by atoms with Crippen molar-refractivity contribution in [1.82, 2.24) is 0 Å². The van der Waals surface area contributed by atoms with Crippen LogP contribution >= 0.6 is 18.6 Å². The maximum absolute atomic E-state index is 5.39. The van der Waals surface area contributed by atoms with Gasteiger partial charge in [0.05, 0.1) is 0 Å². The summed E-state index contributed by atoms with van der Waals surface area (Å²) in [6.07, 6.45) is 22.1. The van der Waals surface area contributed by atoms with E-state index < -0.39 is 17.0 Å². The first kappa shape index (κ1) is 26.5. The average Bonchev–Trinajstić information content (AvgIpc) is 2.73. The van der Waals surface area contributed by atoms with Gasteiger partial charge in [0.2, 0.25) is 0 Å². The van der Waals surface area contributed by atoms with Crippen molar-refractivity contribution in [2.24, 2.45) is 11.8 Å². The summed E-state index contributed by atoms with van der Waals surface area (Å²) in [6.45, 7) is 4.67. The topological polar surface area (TPSA) is 28.2 Å². The van der Waals surface area contributed by atoms with Crippen LogP contribution in [0.25, 0.3) is 10.6 Å². The van der Waals surface area contributed by atoms with Crippen LogP contribution in [0, 0.1) is 11.8 Å².